The Morgan fingerprint density at radius 1 is 1.45 bits per heavy atom. The van der Waals surface area contributed by atoms with Gasteiger partial charge in [0, 0.05) is 0 Å². The molecule has 20 heavy (non-hydrogen) atoms. The van der Waals surface area contributed by atoms with Crippen LogP contribution in [0.25, 0.3) is 4.85 Å². The Morgan fingerprint density at radius 3 is 2.55 bits per heavy atom. The lowest BCUT2D eigenvalue weighted by Crippen LogP contribution is -2.38. The molecule has 0 bridgehead atoms. The Morgan fingerprint density at radius 2 is 2.10 bits per heavy atom. The summed E-state index contributed by atoms with van der Waals surface area (Å²) in [7, 11) is 1.59. The highest BCUT2D eigenvalue weighted by atomic mass is 16.5. The largest absolute Gasteiger partial charge is 0.497 e. The van der Waals surface area contributed by atoms with Crippen molar-refractivity contribution in [2.24, 2.45) is 0 Å². The molecule has 106 valence electrons. The highest BCUT2D eigenvalue weighted by Gasteiger charge is 2.46. The van der Waals surface area contributed by atoms with E-state index in [1.807, 2.05) is 24.3 Å². The molecule has 0 aliphatic carbocycles. The van der Waals surface area contributed by atoms with E-state index in [9.17, 15) is 4.79 Å². The van der Waals surface area contributed by atoms with E-state index < -0.39 is 11.5 Å². The van der Waals surface area contributed by atoms with Gasteiger partial charge in [0.25, 0.3) is 0 Å². The van der Waals surface area contributed by atoms with Gasteiger partial charge in [-0.2, -0.15) is 0 Å². The number of rotatable bonds is 7. The second-order valence-corrected chi connectivity index (χ2v) is 4.38. The third kappa shape index (κ3) is 3.61. The lowest BCUT2D eigenvalue weighted by atomic mass is 9.88. The fraction of sp³-hybridized carbons (Fsp3) is 0.375. The lowest BCUT2D eigenvalue weighted by molar-refractivity contribution is -0.147. The Labute approximate surface area is 119 Å². The van der Waals surface area contributed by atoms with Crippen molar-refractivity contribution in [1.82, 2.24) is 0 Å². The molecule has 0 fully saturated rings. The fourth-order valence-electron chi connectivity index (χ4n) is 1.94. The number of ether oxygens (including phenoxy) is 2. The first-order valence-corrected chi connectivity index (χ1v) is 6.41. The first-order valence-electron chi connectivity index (χ1n) is 6.41. The molecule has 1 rings (SSSR count). The second-order valence-electron chi connectivity index (χ2n) is 4.38. The molecule has 0 amide bonds. The molecule has 0 N–H and O–H groups in total. The van der Waals surface area contributed by atoms with Gasteiger partial charge in [-0.1, -0.05) is 18.2 Å². The molecular formula is C16H19NO3. The van der Waals surface area contributed by atoms with E-state index >= 15 is 0 Å². The topological polar surface area (TPSA) is 39.9 Å². The maximum atomic E-state index is 12.1. The van der Waals surface area contributed by atoms with Crippen LogP contribution in [-0.4, -0.2) is 25.2 Å². The predicted molar refractivity (Wildman–Crippen MR) is 77.5 cm³/mol. The van der Waals surface area contributed by atoms with Crippen molar-refractivity contribution in [2.45, 2.75) is 25.3 Å². The minimum atomic E-state index is -1.23. The van der Waals surface area contributed by atoms with Crippen LogP contribution in [0.15, 0.2) is 36.9 Å². The van der Waals surface area contributed by atoms with Gasteiger partial charge in [-0.3, -0.25) is 4.85 Å². The first kappa shape index (κ1) is 15.8. The van der Waals surface area contributed by atoms with E-state index in [4.69, 9.17) is 16.0 Å². The highest BCUT2D eigenvalue weighted by molar-refractivity contribution is 5.83. The molecule has 0 aliphatic heterocycles. The first-order chi connectivity index (χ1) is 9.61. The van der Waals surface area contributed by atoms with Crippen LogP contribution in [0.4, 0.5) is 0 Å². The standard InChI is InChI=1S/C16H19NO3/c1-5-11-16(17-3,15(18)20-6-2)12-13-7-9-14(19-4)10-8-13/h5,7-10H,1,6,11-12H2,2,4H3. The minimum Gasteiger partial charge on any atom is -0.497 e. The SMILES string of the molecule is [C-]#[N+]C(CC=C)(Cc1ccc(OC)cc1)C(=O)OCC. The molecule has 0 radical (unpaired) electrons. The van der Waals surface area contributed by atoms with Crippen LogP contribution in [0, 0.1) is 6.57 Å². The van der Waals surface area contributed by atoms with Crippen molar-refractivity contribution in [3.63, 3.8) is 0 Å². The molecule has 0 heterocycles. The van der Waals surface area contributed by atoms with E-state index in [-0.39, 0.29) is 13.0 Å². The smallest absolute Gasteiger partial charge is 0.394 e. The summed E-state index contributed by atoms with van der Waals surface area (Å²) in [5.41, 5.74) is -0.344. The van der Waals surface area contributed by atoms with Gasteiger partial charge in [0.05, 0.1) is 26.6 Å². The molecular weight excluding hydrogens is 254 g/mol. The monoisotopic (exact) mass is 273 g/mol. The quantitative estimate of drug-likeness (QED) is 0.435. The van der Waals surface area contributed by atoms with Gasteiger partial charge in [-0.05, 0) is 24.6 Å². The molecule has 4 nitrogen and oxygen atoms in total. The summed E-state index contributed by atoms with van der Waals surface area (Å²) >= 11 is 0. The average molecular weight is 273 g/mol. The van der Waals surface area contributed by atoms with Crippen molar-refractivity contribution >= 4 is 5.97 Å². The van der Waals surface area contributed by atoms with Crippen molar-refractivity contribution in [3.8, 4) is 5.75 Å². The van der Waals surface area contributed by atoms with Crippen molar-refractivity contribution in [3.05, 3.63) is 53.9 Å². The third-order valence-corrected chi connectivity index (χ3v) is 3.01. The summed E-state index contributed by atoms with van der Waals surface area (Å²) in [4.78, 5) is 15.6. The fourth-order valence-corrected chi connectivity index (χ4v) is 1.94. The van der Waals surface area contributed by atoms with E-state index in [0.717, 1.165) is 11.3 Å². The molecule has 4 heteroatoms. The number of esters is 1. The van der Waals surface area contributed by atoms with Crippen LogP contribution in [0.5, 0.6) is 5.75 Å². The van der Waals surface area contributed by atoms with Crippen molar-refractivity contribution in [2.75, 3.05) is 13.7 Å². The zero-order valence-electron chi connectivity index (χ0n) is 11.9. The van der Waals surface area contributed by atoms with Crippen LogP contribution in [-0.2, 0) is 16.0 Å². The van der Waals surface area contributed by atoms with E-state index in [2.05, 4.69) is 11.4 Å². The average Bonchev–Trinajstić information content (AvgIpc) is 2.47. The zero-order chi connectivity index (χ0) is 15.0. The molecule has 1 aromatic rings. The molecule has 0 spiro atoms. The van der Waals surface area contributed by atoms with Crippen LogP contribution >= 0.6 is 0 Å². The summed E-state index contributed by atoms with van der Waals surface area (Å²) in [6.07, 6.45) is 2.14. The van der Waals surface area contributed by atoms with Crippen molar-refractivity contribution in [1.29, 1.82) is 0 Å². The maximum absolute atomic E-state index is 12.1. The summed E-state index contributed by atoms with van der Waals surface area (Å²) in [6, 6.07) is 7.31. The minimum absolute atomic E-state index is 0.260. The summed E-state index contributed by atoms with van der Waals surface area (Å²) < 4.78 is 10.1. The highest BCUT2D eigenvalue weighted by Crippen LogP contribution is 2.26. The van der Waals surface area contributed by atoms with E-state index in [0.29, 0.717) is 6.42 Å². The van der Waals surface area contributed by atoms with Gasteiger partial charge in [0.15, 0.2) is 0 Å². The van der Waals surface area contributed by atoms with Gasteiger partial charge < -0.3 is 9.47 Å². The molecule has 1 unspecified atom stereocenters. The number of hydrogen-bond acceptors (Lipinski definition) is 3. The molecule has 1 aromatic carbocycles. The van der Waals surface area contributed by atoms with Gasteiger partial charge in [0.1, 0.15) is 5.75 Å². The Balaban J connectivity index is 3.01. The number of benzene rings is 1. The Hall–Kier alpha value is -2.28. The van der Waals surface area contributed by atoms with Crippen molar-refractivity contribution < 1.29 is 14.3 Å². The number of carbonyl (C=O) groups is 1. The number of hydrogen-bond donors (Lipinski definition) is 0. The Kier molecular flexibility index (Phi) is 5.79. The molecule has 1 atom stereocenters. The number of nitrogens with zero attached hydrogens (tertiary/aromatic N) is 1. The van der Waals surface area contributed by atoms with Gasteiger partial charge >= 0.3 is 11.5 Å². The maximum Gasteiger partial charge on any atom is 0.394 e. The predicted octanol–water partition coefficient (Wildman–Crippen LogP) is 3.03. The van der Waals surface area contributed by atoms with Gasteiger partial charge in [0.2, 0.25) is 0 Å². The number of carbonyl (C=O) groups excluding carboxylic acids is 1. The normalized spacial score (nSPS) is 12.8. The Bertz CT molecular complexity index is 501. The van der Waals surface area contributed by atoms with Crippen LogP contribution in [0.1, 0.15) is 18.9 Å². The van der Waals surface area contributed by atoms with Crippen LogP contribution in [0.2, 0.25) is 0 Å². The lowest BCUT2D eigenvalue weighted by Gasteiger charge is -2.18. The van der Waals surface area contributed by atoms with Gasteiger partial charge in [-0.25, -0.2) is 11.4 Å². The zero-order valence-corrected chi connectivity index (χ0v) is 11.9. The third-order valence-electron chi connectivity index (χ3n) is 3.01. The van der Waals surface area contributed by atoms with E-state index in [1.54, 1.807) is 20.1 Å². The van der Waals surface area contributed by atoms with Gasteiger partial charge in [-0.15, -0.1) is 6.58 Å². The summed E-state index contributed by atoms with van der Waals surface area (Å²) in [5.74, 6) is 0.243. The second kappa shape index (κ2) is 7.34. The molecule has 0 aromatic heterocycles. The van der Waals surface area contributed by atoms with E-state index in [1.165, 1.54) is 0 Å². The van der Waals surface area contributed by atoms with Crippen LogP contribution < -0.4 is 4.74 Å². The molecule has 0 saturated heterocycles. The number of methoxy groups -OCH3 is 1. The van der Waals surface area contributed by atoms with Crippen LogP contribution in [0.3, 0.4) is 0 Å². The molecule has 0 saturated carbocycles. The summed E-state index contributed by atoms with van der Waals surface area (Å²) in [6.45, 7) is 13.0. The molecule has 0 aliphatic rings. The summed E-state index contributed by atoms with van der Waals surface area (Å²) in [5, 5.41) is 0.